The minimum absolute atomic E-state index is 0.188. The summed E-state index contributed by atoms with van der Waals surface area (Å²) in [5.74, 6) is 1.51. The van der Waals surface area contributed by atoms with Crippen LogP contribution in [0, 0.1) is 6.92 Å². The van der Waals surface area contributed by atoms with E-state index < -0.39 is 0 Å². The molecule has 0 saturated carbocycles. The molecule has 0 amide bonds. The number of aromatic nitrogens is 3. The third-order valence-corrected chi connectivity index (χ3v) is 7.05. The monoisotopic (exact) mass is 463 g/mol. The van der Waals surface area contributed by atoms with E-state index in [1.807, 2.05) is 43.3 Å². The van der Waals surface area contributed by atoms with Crippen molar-refractivity contribution in [1.82, 2.24) is 14.8 Å². The first-order valence-corrected chi connectivity index (χ1v) is 12.2. The fourth-order valence-corrected chi connectivity index (χ4v) is 4.92. The van der Waals surface area contributed by atoms with Gasteiger partial charge in [0.2, 0.25) is 0 Å². The second kappa shape index (κ2) is 10.3. The van der Waals surface area contributed by atoms with Crippen molar-refractivity contribution in [3.8, 4) is 0 Å². The molecule has 0 radical (unpaired) electrons. The highest BCUT2D eigenvalue weighted by Crippen LogP contribution is 2.23. The number of fused-ring (bicyclic) bond motifs is 1. The van der Waals surface area contributed by atoms with Gasteiger partial charge in [-0.15, -0.1) is 10.2 Å². The van der Waals surface area contributed by atoms with Crippen LogP contribution in [0.2, 0.25) is 5.02 Å². The minimum Gasteiger partial charge on any atom is -0.306 e. The summed E-state index contributed by atoms with van der Waals surface area (Å²) < 4.78 is 2.10. The Morgan fingerprint density at radius 2 is 1.84 bits per heavy atom. The van der Waals surface area contributed by atoms with Crippen LogP contribution in [-0.2, 0) is 30.6 Å². The standard InChI is InChI=1S/C26H26ClN3OS/c1-3-30-25(14-13-19-12-11-18(2)24(27)15-19)28-29-26(30)32-17-22(31)16-21-9-6-8-20-7-4-5-10-23(20)21/h4-12,15H,3,13-14,16-17H2,1-2H3. The van der Waals surface area contributed by atoms with E-state index in [0.717, 1.165) is 57.3 Å². The summed E-state index contributed by atoms with van der Waals surface area (Å²) in [5.41, 5.74) is 3.34. The lowest BCUT2D eigenvalue weighted by Gasteiger charge is -2.08. The van der Waals surface area contributed by atoms with E-state index in [-0.39, 0.29) is 5.78 Å². The van der Waals surface area contributed by atoms with Crippen LogP contribution in [0.4, 0.5) is 0 Å². The molecule has 4 nitrogen and oxygen atoms in total. The third-order valence-electron chi connectivity index (χ3n) is 5.61. The number of rotatable bonds is 9. The van der Waals surface area contributed by atoms with Crippen molar-refractivity contribution in [2.45, 2.75) is 44.8 Å². The molecule has 0 saturated heterocycles. The smallest absolute Gasteiger partial charge is 0.191 e. The fourth-order valence-electron chi connectivity index (χ4n) is 3.83. The Labute approximate surface area is 198 Å². The lowest BCUT2D eigenvalue weighted by Crippen LogP contribution is -2.09. The van der Waals surface area contributed by atoms with E-state index in [2.05, 4.69) is 46.0 Å². The van der Waals surface area contributed by atoms with Gasteiger partial charge < -0.3 is 4.57 Å². The lowest BCUT2D eigenvalue weighted by atomic mass is 10.0. The Kier molecular flexibility index (Phi) is 7.28. The van der Waals surface area contributed by atoms with Gasteiger partial charge in [0.15, 0.2) is 5.16 Å². The number of ketones is 1. The van der Waals surface area contributed by atoms with Crippen LogP contribution in [0.25, 0.3) is 10.8 Å². The van der Waals surface area contributed by atoms with Gasteiger partial charge in [-0.1, -0.05) is 78.0 Å². The van der Waals surface area contributed by atoms with E-state index in [0.29, 0.717) is 12.2 Å². The van der Waals surface area contributed by atoms with E-state index in [1.165, 1.54) is 17.3 Å². The van der Waals surface area contributed by atoms with Crippen LogP contribution < -0.4 is 0 Å². The molecular formula is C26H26ClN3OS. The molecule has 0 unspecified atom stereocenters. The van der Waals surface area contributed by atoms with Crippen LogP contribution in [0.15, 0.2) is 65.8 Å². The second-order valence-corrected chi connectivity index (χ2v) is 9.22. The Morgan fingerprint density at radius 1 is 1.03 bits per heavy atom. The Balaban J connectivity index is 1.38. The largest absolute Gasteiger partial charge is 0.306 e. The Hall–Kier alpha value is -2.63. The molecule has 0 fully saturated rings. The number of halogens is 1. The maximum Gasteiger partial charge on any atom is 0.191 e. The number of thioether (sulfide) groups is 1. The number of hydrogen-bond acceptors (Lipinski definition) is 4. The maximum atomic E-state index is 12.7. The van der Waals surface area contributed by atoms with Gasteiger partial charge in [-0.25, -0.2) is 0 Å². The molecule has 0 aliphatic rings. The molecule has 6 heteroatoms. The number of nitrogens with zero attached hydrogens (tertiary/aromatic N) is 3. The highest BCUT2D eigenvalue weighted by Gasteiger charge is 2.14. The molecule has 4 aromatic rings. The van der Waals surface area contributed by atoms with Crippen LogP contribution >= 0.6 is 23.4 Å². The number of hydrogen-bond donors (Lipinski definition) is 0. The van der Waals surface area contributed by atoms with Crippen molar-refractivity contribution in [3.63, 3.8) is 0 Å². The highest BCUT2D eigenvalue weighted by molar-refractivity contribution is 7.99. The fraction of sp³-hybridized carbons (Fsp3) is 0.269. The maximum absolute atomic E-state index is 12.7. The van der Waals surface area contributed by atoms with Crippen molar-refractivity contribution < 1.29 is 4.79 Å². The molecule has 0 bridgehead atoms. The summed E-state index contributed by atoms with van der Waals surface area (Å²) in [6.45, 7) is 4.86. The highest BCUT2D eigenvalue weighted by atomic mass is 35.5. The normalized spacial score (nSPS) is 11.2. The number of benzene rings is 3. The van der Waals surface area contributed by atoms with Crippen LogP contribution in [0.5, 0.6) is 0 Å². The number of carbonyl (C=O) groups excluding carboxylic acids is 1. The van der Waals surface area contributed by atoms with Crippen molar-refractivity contribution in [3.05, 3.63) is 88.2 Å². The summed E-state index contributed by atoms with van der Waals surface area (Å²) in [5, 5.41) is 12.6. The molecule has 32 heavy (non-hydrogen) atoms. The van der Waals surface area contributed by atoms with Gasteiger partial charge in [0.1, 0.15) is 11.6 Å². The molecule has 0 spiro atoms. The van der Waals surface area contributed by atoms with Crippen molar-refractivity contribution >= 4 is 39.9 Å². The third kappa shape index (κ3) is 5.22. The van der Waals surface area contributed by atoms with E-state index >= 15 is 0 Å². The average molecular weight is 464 g/mol. The van der Waals surface area contributed by atoms with Gasteiger partial charge in [0.25, 0.3) is 0 Å². The SMILES string of the molecule is CCn1c(CCc2ccc(C)c(Cl)c2)nnc1SCC(=O)Cc1cccc2ccccc12. The van der Waals surface area contributed by atoms with E-state index in [1.54, 1.807) is 0 Å². The predicted octanol–water partition coefficient (Wildman–Crippen LogP) is 6.10. The minimum atomic E-state index is 0.188. The van der Waals surface area contributed by atoms with Gasteiger partial charge in [-0.3, -0.25) is 4.79 Å². The van der Waals surface area contributed by atoms with Gasteiger partial charge in [0, 0.05) is 24.4 Å². The summed E-state index contributed by atoms with van der Waals surface area (Å²) in [7, 11) is 0. The molecule has 0 aliphatic heterocycles. The molecule has 4 rings (SSSR count). The second-order valence-electron chi connectivity index (χ2n) is 7.87. The molecule has 0 aliphatic carbocycles. The zero-order valence-electron chi connectivity index (χ0n) is 18.3. The van der Waals surface area contributed by atoms with E-state index in [9.17, 15) is 4.79 Å². The molecule has 0 N–H and O–H groups in total. The van der Waals surface area contributed by atoms with Crippen LogP contribution in [0.1, 0.15) is 29.4 Å². The van der Waals surface area contributed by atoms with Crippen molar-refractivity contribution in [2.24, 2.45) is 0 Å². The van der Waals surface area contributed by atoms with Crippen LogP contribution in [0.3, 0.4) is 0 Å². The summed E-state index contributed by atoms with van der Waals surface area (Å²) in [6.07, 6.45) is 2.06. The molecule has 0 atom stereocenters. The number of Topliss-reactive ketones (excluding diaryl/α,β-unsaturated/α-hetero) is 1. The number of carbonyl (C=O) groups is 1. The molecule has 1 heterocycles. The van der Waals surface area contributed by atoms with Gasteiger partial charge in [0.05, 0.1) is 5.75 Å². The summed E-state index contributed by atoms with van der Waals surface area (Å²) in [4.78, 5) is 12.7. The average Bonchev–Trinajstić information content (AvgIpc) is 3.20. The first kappa shape index (κ1) is 22.6. The quantitative estimate of drug-likeness (QED) is 0.281. The zero-order valence-corrected chi connectivity index (χ0v) is 19.9. The van der Waals surface area contributed by atoms with Crippen molar-refractivity contribution in [1.29, 1.82) is 0 Å². The van der Waals surface area contributed by atoms with E-state index in [4.69, 9.17) is 11.6 Å². The first-order valence-electron chi connectivity index (χ1n) is 10.8. The van der Waals surface area contributed by atoms with Crippen LogP contribution in [-0.4, -0.2) is 26.3 Å². The van der Waals surface area contributed by atoms with Crippen molar-refractivity contribution in [2.75, 3.05) is 5.75 Å². The molecular weight excluding hydrogens is 438 g/mol. The molecule has 3 aromatic carbocycles. The van der Waals surface area contributed by atoms with Gasteiger partial charge in [-0.2, -0.15) is 0 Å². The van der Waals surface area contributed by atoms with Gasteiger partial charge in [-0.05, 0) is 53.8 Å². The Bertz CT molecular complexity index is 1250. The zero-order chi connectivity index (χ0) is 22.5. The number of aryl methyl sites for hydroxylation is 3. The molecule has 164 valence electrons. The molecule has 1 aromatic heterocycles. The van der Waals surface area contributed by atoms with Gasteiger partial charge >= 0.3 is 0 Å². The first-order chi connectivity index (χ1) is 15.5. The Morgan fingerprint density at radius 3 is 2.66 bits per heavy atom. The topological polar surface area (TPSA) is 47.8 Å². The predicted molar refractivity (Wildman–Crippen MR) is 133 cm³/mol. The summed E-state index contributed by atoms with van der Waals surface area (Å²) >= 11 is 7.72. The lowest BCUT2D eigenvalue weighted by molar-refractivity contribution is -0.115. The summed E-state index contributed by atoms with van der Waals surface area (Å²) in [6, 6.07) is 20.5.